The van der Waals surface area contributed by atoms with Crippen LogP contribution >= 0.6 is 11.3 Å². The molecule has 31 heavy (non-hydrogen) atoms. The van der Waals surface area contributed by atoms with Gasteiger partial charge in [-0.05, 0) is 48.9 Å². The molecule has 0 saturated carbocycles. The molecule has 1 fully saturated rings. The van der Waals surface area contributed by atoms with Gasteiger partial charge in [0.1, 0.15) is 11.9 Å². The van der Waals surface area contributed by atoms with E-state index in [0.29, 0.717) is 13.2 Å². The van der Waals surface area contributed by atoms with Gasteiger partial charge in [0, 0.05) is 41.7 Å². The molecule has 1 unspecified atom stereocenters. The highest BCUT2D eigenvalue weighted by atomic mass is 32.1. The van der Waals surface area contributed by atoms with Crippen LogP contribution in [-0.4, -0.2) is 54.0 Å². The highest BCUT2D eigenvalue weighted by molar-refractivity contribution is 7.15. The SMILES string of the molecule is CCNC(=NCc1ccc(-c2ccc(OC)cc2)s1)N1CCOC(c2cnn(C)c2)C1. The van der Waals surface area contributed by atoms with Crippen molar-refractivity contribution in [2.45, 2.75) is 19.6 Å². The first-order valence-corrected chi connectivity index (χ1v) is 11.3. The number of rotatable bonds is 6. The van der Waals surface area contributed by atoms with Gasteiger partial charge in [-0.15, -0.1) is 11.3 Å². The minimum absolute atomic E-state index is 0.00900. The number of nitrogens with one attached hydrogen (secondary N) is 1. The van der Waals surface area contributed by atoms with E-state index in [-0.39, 0.29) is 6.10 Å². The van der Waals surface area contributed by atoms with Gasteiger partial charge in [0.2, 0.25) is 0 Å². The molecule has 2 aromatic heterocycles. The van der Waals surface area contributed by atoms with Crippen LogP contribution in [0.2, 0.25) is 0 Å². The lowest BCUT2D eigenvalue weighted by Crippen LogP contribution is -2.48. The summed E-state index contributed by atoms with van der Waals surface area (Å²) in [5.41, 5.74) is 2.30. The number of benzene rings is 1. The maximum atomic E-state index is 5.98. The average molecular weight is 440 g/mol. The Morgan fingerprint density at radius 2 is 2.13 bits per heavy atom. The summed E-state index contributed by atoms with van der Waals surface area (Å²) in [4.78, 5) is 9.67. The lowest BCUT2D eigenvalue weighted by atomic mass is 10.1. The summed E-state index contributed by atoms with van der Waals surface area (Å²) in [5.74, 6) is 1.80. The zero-order chi connectivity index (χ0) is 21.6. The van der Waals surface area contributed by atoms with Gasteiger partial charge in [0.05, 0.1) is 33.0 Å². The molecule has 1 aliphatic rings. The van der Waals surface area contributed by atoms with Crippen LogP contribution in [-0.2, 0) is 18.3 Å². The number of guanidine groups is 1. The van der Waals surface area contributed by atoms with E-state index in [9.17, 15) is 0 Å². The molecule has 1 saturated heterocycles. The minimum atomic E-state index is 0.00900. The van der Waals surface area contributed by atoms with E-state index >= 15 is 0 Å². The number of hydrogen-bond donors (Lipinski definition) is 1. The van der Waals surface area contributed by atoms with Gasteiger partial charge in [-0.25, -0.2) is 4.99 Å². The second-order valence-corrected chi connectivity index (χ2v) is 8.59. The Kier molecular flexibility index (Phi) is 6.89. The van der Waals surface area contributed by atoms with E-state index in [1.165, 1.54) is 15.3 Å². The fourth-order valence-corrected chi connectivity index (χ4v) is 4.54. The molecule has 1 atom stereocenters. The van der Waals surface area contributed by atoms with Gasteiger partial charge in [-0.2, -0.15) is 5.10 Å². The minimum Gasteiger partial charge on any atom is -0.497 e. The molecule has 8 heteroatoms. The monoisotopic (exact) mass is 439 g/mol. The average Bonchev–Trinajstić information content (AvgIpc) is 3.46. The van der Waals surface area contributed by atoms with Crippen molar-refractivity contribution >= 4 is 17.3 Å². The van der Waals surface area contributed by atoms with E-state index in [4.69, 9.17) is 14.5 Å². The molecule has 3 heterocycles. The third kappa shape index (κ3) is 5.26. The molecule has 7 nitrogen and oxygen atoms in total. The molecule has 3 aromatic rings. The van der Waals surface area contributed by atoms with E-state index in [1.54, 1.807) is 18.4 Å². The first-order valence-electron chi connectivity index (χ1n) is 10.5. The lowest BCUT2D eigenvalue weighted by molar-refractivity contribution is -0.00805. The van der Waals surface area contributed by atoms with Crippen molar-refractivity contribution in [1.29, 1.82) is 0 Å². The maximum Gasteiger partial charge on any atom is 0.194 e. The third-order valence-electron chi connectivity index (χ3n) is 5.22. The van der Waals surface area contributed by atoms with Gasteiger partial charge in [0.25, 0.3) is 0 Å². The molecule has 0 spiro atoms. The van der Waals surface area contributed by atoms with Crippen molar-refractivity contribution in [3.8, 4) is 16.2 Å². The molecule has 1 aliphatic heterocycles. The smallest absolute Gasteiger partial charge is 0.194 e. The summed E-state index contributed by atoms with van der Waals surface area (Å²) < 4.78 is 13.0. The van der Waals surface area contributed by atoms with Gasteiger partial charge < -0.3 is 19.7 Å². The summed E-state index contributed by atoms with van der Waals surface area (Å²) in [6.07, 6.45) is 3.91. The molecule has 0 amide bonds. The Bertz CT molecular complexity index is 1010. The Hall–Kier alpha value is -2.84. The van der Waals surface area contributed by atoms with Crippen LogP contribution in [0.1, 0.15) is 23.5 Å². The fourth-order valence-electron chi connectivity index (χ4n) is 3.60. The molecule has 1 N–H and O–H groups in total. The lowest BCUT2D eigenvalue weighted by Gasteiger charge is -2.34. The van der Waals surface area contributed by atoms with Crippen LogP contribution in [0.5, 0.6) is 5.75 Å². The standard InChI is InChI=1S/C23H29N5O2S/c1-4-24-23(28-11-12-30-21(16-28)18-13-26-27(2)15-18)25-14-20-9-10-22(31-20)17-5-7-19(29-3)8-6-17/h5-10,13,15,21H,4,11-12,14,16H2,1-3H3,(H,24,25). The van der Waals surface area contributed by atoms with Crippen molar-refractivity contribution in [1.82, 2.24) is 20.0 Å². The summed E-state index contributed by atoms with van der Waals surface area (Å²) in [5, 5.41) is 7.72. The fraction of sp³-hybridized carbons (Fsp3) is 0.391. The Morgan fingerprint density at radius 1 is 1.29 bits per heavy atom. The van der Waals surface area contributed by atoms with Gasteiger partial charge in [-0.3, -0.25) is 4.68 Å². The Balaban J connectivity index is 1.44. The molecule has 164 valence electrons. The molecule has 0 bridgehead atoms. The molecule has 4 rings (SSSR count). The number of hydrogen-bond acceptors (Lipinski definition) is 5. The number of ether oxygens (including phenoxy) is 2. The molecular weight excluding hydrogens is 410 g/mol. The van der Waals surface area contributed by atoms with Gasteiger partial charge >= 0.3 is 0 Å². The summed E-state index contributed by atoms with van der Waals surface area (Å²) >= 11 is 1.78. The van der Waals surface area contributed by atoms with Crippen LogP contribution in [0, 0.1) is 0 Å². The Labute approximate surface area is 187 Å². The van der Waals surface area contributed by atoms with Crippen LogP contribution < -0.4 is 10.1 Å². The van der Waals surface area contributed by atoms with Crippen LogP contribution in [0.4, 0.5) is 0 Å². The molecule has 0 radical (unpaired) electrons. The number of thiophene rings is 1. The number of aromatic nitrogens is 2. The number of aliphatic imine (C=N–C) groups is 1. The second kappa shape index (κ2) is 9.98. The quantitative estimate of drug-likeness (QED) is 0.469. The largest absolute Gasteiger partial charge is 0.497 e. The first kappa shape index (κ1) is 21.4. The number of nitrogens with zero attached hydrogens (tertiary/aromatic N) is 4. The molecule has 0 aliphatic carbocycles. The van der Waals surface area contributed by atoms with Crippen LogP contribution in [0.25, 0.3) is 10.4 Å². The third-order valence-corrected chi connectivity index (χ3v) is 6.34. The predicted octanol–water partition coefficient (Wildman–Crippen LogP) is 3.70. The van der Waals surface area contributed by atoms with Crippen molar-refractivity contribution in [3.05, 3.63) is 59.2 Å². The summed E-state index contributed by atoms with van der Waals surface area (Å²) in [6, 6.07) is 12.5. The van der Waals surface area contributed by atoms with Crippen LogP contribution in [0.15, 0.2) is 53.8 Å². The topological polar surface area (TPSA) is 63.9 Å². The van der Waals surface area contributed by atoms with E-state index in [0.717, 1.165) is 36.9 Å². The zero-order valence-corrected chi connectivity index (χ0v) is 19.1. The molecular formula is C23H29N5O2S. The summed E-state index contributed by atoms with van der Waals surface area (Å²) in [7, 11) is 3.61. The van der Waals surface area contributed by atoms with Crippen molar-refractivity contribution in [2.75, 3.05) is 33.4 Å². The van der Waals surface area contributed by atoms with Crippen LogP contribution in [0.3, 0.4) is 0 Å². The van der Waals surface area contributed by atoms with Crippen molar-refractivity contribution < 1.29 is 9.47 Å². The van der Waals surface area contributed by atoms with Crippen molar-refractivity contribution in [2.24, 2.45) is 12.0 Å². The van der Waals surface area contributed by atoms with E-state index < -0.39 is 0 Å². The number of aryl methyl sites for hydroxylation is 1. The van der Waals surface area contributed by atoms with Gasteiger partial charge in [-0.1, -0.05) is 0 Å². The highest BCUT2D eigenvalue weighted by Crippen LogP contribution is 2.30. The van der Waals surface area contributed by atoms with E-state index in [2.05, 4.69) is 46.5 Å². The van der Waals surface area contributed by atoms with Crippen molar-refractivity contribution in [3.63, 3.8) is 0 Å². The first-order chi connectivity index (χ1) is 15.2. The Morgan fingerprint density at radius 3 is 2.84 bits per heavy atom. The maximum absolute atomic E-state index is 5.98. The molecule has 1 aromatic carbocycles. The highest BCUT2D eigenvalue weighted by Gasteiger charge is 2.25. The normalized spacial score (nSPS) is 17.1. The predicted molar refractivity (Wildman–Crippen MR) is 125 cm³/mol. The number of methoxy groups -OCH3 is 1. The zero-order valence-electron chi connectivity index (χ0n) is 18.2. The van der Waals surface area contributed by atoms with Gasteiger partial charge in [0.15, 0.2) is 5.96 Å². The number of morpholine rings is 1. The van der Waals surface area contributed by atoms with E-state index in [1.807, 2.05) is 36.3 Å². The summed E-state index contributed by atoms with van der Waals surface area (Å²) in [6.45, 7) is 5.84. The second-order valence-electron chi connectivity index (χ2n) is 7.42.